The third kappa shape index (κ3) is 2.60. The molecule has 0 spiro atoms. The quantitative estimate of drug-likeness (QED) is 0.789. The molecule has 6 heteroatoms. The number of benzene rings is 1. The van der Waals surface area contributed by atoms with Crippen LogP contribution in [0.5, 0.6) is 0 Å². The molecule has 2 heterocycles. The molecule has 0 saturated carbocycles. The van der Waals surface area contributed by atoms with Gasteiger partial charge in [0.2, 0.25) is 11.8 Å². The predicted molar refractivity (Wildman–Crippen MR) is 80.8 cm³/mol. The average Bonchev–Trinajstić information content (AvgIpc) is 3.05. The molecule has 1 aliphatic heterocycles. The number of anilines is 1. The Kier molecular flexibility index (Phi) is 3.81. The fourth-order valence-electron chi connectivity index (χ4n) is 2.27. The second kappa shape index (κ2) is 5.58. The lowest BCUT2D eigenvalue weighted by atomic mass is 10.1. The highest BCUT2D eigenvalue weighted by atomic mass is 79.9. The number of carbonyl (C=O) groups is 1. The summed E-state index contributed by atoms with van der Waals surface area (Å²) in [5, 5.41) is 4.03. The van der Waals surface area contributed by atoms with Gasteiger partial charge in [0.25, 0.3) is 0 Å². The van der Waals surface area contributed by atoms with Crippen LogP contribution in [0.2, 0.25) is 0 Å². The van der Waals surface area contributed by atoms with Crippen LogP contribution in [0.4, 0.5) is 5.88 Å². The van der Waals surface area contributed by atoms with E-state index in [1.807, 2.05) is 24.3 Å². The molecule has 4 nitrogen and oxygen atoms in total. The summed E-state index contributed by atoms with van der Waals surface area (Å²) in [4.78, 5) is 13.5. The summed E-state index contributed by atoms with van der Waals surface area (Å²) in [7, 11) is 0. The first-order valence-electron chi connectivity index (χ1n) is 6.26. The Bertz CT molecular complexity index is 644. The van der Waals surface area contributed by atoms with Gasteiger partial charge in [-0.2, -0.15) is 0 Å². The van der Waals surface area contributed by atoms with Crippen molar-refractivity contribution in [1.29, 1.82) is 0 Å². The zero-order valence-electron chi connectivity index (χ0n) is 10.6. The van der Waals surface area contributed by atoms with Gasteiger partial charge in [0, 0.05) is 34.9 Å². The summed E-state index contributed by atoms with van der Waals surface area (Å²) >= 11 is 9.24. The first kappa shape index (κ1) is 13.6. The number of rotatable bonds is 3. The van der Waals surface area contributed by atoms with Gasteiger partial charge in [-0.1, -0.05) is 33.2 Å². The Balaban J connectivity index is 1.86. The second-order valence-corrected chi connectivity index (χ2v) is 6.01. The summed E-state index contributed by atoms with van der Waals surface area (Å²) in [6, 6.07) is 9.56. The molecule has 1 atom stereocenters. The van der Waals surface area contributed by atoms with Crippen molar-refractivity contribution < 1.29 is 9.32 Å². The van der Waals surface area contributed by atoms with E-state index in [9.17, 15) is 4.79 Å². The van der Waals surface area contributed by atoms with Crippen molar-refractivity contribution in [3.8, 4) is 11.3 Å². The van der Waals surface area contributed by atoms with Crippen LogP contribution >= 0.6 is 27.5 Å². The Hall–Kier alpha value is -1.33. The van der Waals surface area contributed by atoms with Crippen molar-refractivity contribution in [2.45, 2.75) is 6.42 Å². The second-order valence-electron chi connectivity index (χ2n) is 4.79. The zero-order chi connectivity index (χ0) is 14.1. The first-order valence-corrected chi connectivity index (χ1v) is 7.59. The van der Waals surface area contributed by atoms with Crippen LogP contribution in [-0.4, -0.2) is 23.5 Å². The Morgan fingerprint density at radius 1 is 1.45 bits per heavy atom. The smallest absolute Gasteiger partial charge is 0.234 e. The molecule has 104 valence electrons. The van der Waals surface area contributed by atoms with Crippen LogP contribution in [0, 0.1) is 5.92 Å². The molecular formula is C14H12BrClN2O2. The molecule has 1 saturated heterocycles. The highest BCUT2D eigenvalue weighted by Gasteiger charge is 2.32. The van der Waals surface area contributed by atoms with Crippen molar-refractivity contribution in [2.75, 3.05) is 17.3 Å². The molecule has 1 aliphatic rings. The van der Waals surface area contributed by atoms with Crippen molar-refractivity contribution in [3.05, 3.63) is 34.8 Å². The van der Waals surface area contributed by atoms with E-state index in [0.29, 0.717) is 30.4 Å². The van der Waals surface area contributed by atoms with Crippen molar-refractivity contribution in [3.63, 3.8) is 0 Å². The van der Waals surface area contributed by atoms with E-state index in [0.717, 1.165) is 10.0 Å². The monoisotopic (exact) mass is 354 g/mol. The van der Waals surface area contributed by atoms with Gasteiger partial charge in [0.1, 0.15) is 5.69 Å². The highest BCUT2D eigenvalue weighted by Crippen LogP contribution is 2.30. The lowest BCUT2D eigenvalue weighted by Gasteiger charge is -2.10. The highest BCUT2D eigenvalue weighted by molar-refractivity contribution is 9.10. The maximum atomic E-state index is 11.9. The molecule has 1 amide bonds. The molecular weight excluding hydrogens is 344 g/mol. The molecule has 2 aromatic rings. The minimum absolute atomic E-state index is 0.0348. The molecule has 0 N–H and O–H groups in total. The summed E-state index contributed by atoms with van der Waals surface area (Å²) in [5.74, 6) is 1.18. The number of hydrogen-bond donors (Lipinski definition) is 0. The first-order chi connectivity index (χ1) is 9.67. The maximum absolute atomic E-state index is 11.9. The van der Waals surface area contributed by atoms with E-state index in [2.05, 4.69) is 21.1 Å². The van der Waals surface area contributed by atoms with Crippen LogP contribution in [0.1, 0.15) is 6.42 Å². The summed E-state index contributed by atoms with van der Waals surface area (Å²) in [5.41, 5.74) is 1.65. The van der Waals surface area contributed by atoms with Gasteiger partial charge in [-0.15, -0.1) is 11.6 Å². The van der Waals surface area contributed by atoms with Crippen LogP contribution in [0.15, 0.2) is 39.3 Å². The van der Waals surface area contributed by atoms with E-state index in [1.165, 1.54) is 0 Å². The molecule has 20 heavy (non-hydrogen) atoms. The molecule has 1 unspecified atom stereocenters. The summed E-state index contributed by atoms with van der Waals surface area (Å²) in [6.45, 7) is 0.593. The SMILES string of the molecule is O=C1CC(CCl)CN1c1cc(-c2cccc(Br)c2)no1. The fourth-order valence-corrected chi connectivity index (χ4v) is 2.88. The molecule has 1 fully saturated rings. The van der Waals surface area contributed by atoms with Gasteiger partial charge in [-0.05, 0) is 18.1 Å². The van der Waals surface area contributed by atoms with Crippen molar-refractivity contribution >= 4 is 39.3 Å². The maximum Gasteiger partial charge on any atom is 0.234 e. The predicted octanol–water partition coefficient (Wildman–Crippen LogP) is 3.70. The number of amides is 1. The van der Waals surface area contributed by atoms with Gasteiger partial charge >= 0.3 is 0 Å². The molecule has 1 aromatic heterocycles. The molecule has 0 bridgehead atoms. The van der Waals surface area contributed by atoms with Crippen LogP contribution in [-0.2, 0) is 4.79 Å². The molecule has 0 radical (unpaired) electrons. The van der Waals surface area contributed by atoms with E-state index >= 15 is 0 Å². The van der Waals surface area contributed by atoms with Gasteiger partial charge in [0.15, 0.2) is 0 Å². The number of aromatic nitrogens is 1. The normalized spacial score (nSPS) is 18.8. The standard InChI is InChI=1S/C14H12BrClN2O2/c15-11-3-1-2-10(5-11)12-6-14(20-17-12)18-8-9(7-16)4-13(18)19/h1-3,5-6,9H,4,7-8H2. The van der Waals surface area contributed by atoms with Crippen LogP contribution < -0.4 is 4.90 Å². The van der Waals surface area contributed by atoms with E-state index in [-0.39, 0.29) is 11.8 Å². The lowest BCUT2D eigenvalue weighted by Crippen LogP contribution is -2.24. The number of nitrogens with zero attached hydrogens (tertiary/aromatic N) is 2. The van der Waals surface area contributed by atoms with E-state index in [4.69, 9.17) is 16.1 Å². The number of halogens is 2. The van der Waals surface area contributed by atoms with Crippen LogP contribution in [0.25, 0.3) is 11.3 Å². The largest absolute Gasteiger partial charge is 0.338 e. The average molecular weight is 356 g/mol. The minimum Gasteiger partial charge on any atom is -0.338 e. The summed E-state index contributed by atoms with van der Waals surface area (Å²) < 4.78 is 6.27. The third-order valence-corrected chi connectivity index (χ3v) is 4.24. The van der Waals surface area contributed by atoms with E-state index < -0.39 is 0 Å². The number of alkyl halides is 1. The molecule has 0 aliphatic carbocycles. The lowest BCUT2D eigenvalue weighted by molar-refractivity contribution is -0.117. The van der Waals surface area contributed by atoms with Gasteiger partial charge in [0.05, 0.1) is 0 Å². The minimum atomic E-state index is 0.0348. The van der Waals surface area contributed by atoms with Crippen molar-refractivity contribution in [2.24, 2.45) is 5.92 Å². The molecule has 1 aromatic carbocycles. The van der Waals surface area contributed by atoms with Crippen molar-refractivity contribution in [1.82, 2.24) is 5.16 Å². The van der Waals surface area contributed by atoms with Crippen LogP contribution in [0.3, 0.4) is 0 Å². The Morgan fingerprint density at radius 3 is 3.00 bits per heavy atom. The third-order valence-electron chi connectivity index (χ3n) is 3.31. The fraction of sp³-hybridized carbons (Fsp3) is 0.286. The Labute approximate surface area is 129 Å². The van der Waals surface area contributed by atoms with Gasteiger partial charge < -0.3 is 4.52 Å². The summed E-state index contributed by atoms with van der Waals surface area (Å²) in [6.07, 6.45) is 0.469. The topological polar surface area (TPSA) is 46.3 Å². The van der Waals surface area contributed by atoms with Gasteiger partial charge in [-0.25, -0.2) is 0 Å². The Morgan fingerprint density at radius 2 is 2.30 bits per heavy atom. The molecule has 3 rings (SSSR count). The zero-order valence-corrected chi connectivity index (χ0v) is 12.9. The number of carbonyl (C=O) groups excluding carboxylic acids is 1. The number of hydrogen-bond acceptors (Lipinski definition) is 3. The van der Waals surface area contributed by atoms with E-state index in [1.54, 1.807) is 11.0 Å². The van der Waals surface area contributed by atoms with Gasteiger partial charge in [-0.3, -0.25) is 9.69 Å².